The molecule has 0 bridgehead atoms. The largest absolute Gasteiger partial charge is 0.394 e. The van der Waals surface area contributed by atoms with Crippen LogP contribution < -0.4 is 5.32 Å². The first-order valence-electron chi connectivity index (χ1n) is 28.3. The summed E-state index contributed by atoms with van der Waals surface area (Å²) >= 11 is 0. The molecule has 0 aromatic heterocycles. The minimum atomic E-state index is -1.11. The van der Waals surface area contributed by atoms with Gasteiger partial charge in [0.15, 0.2) is 0 Å². The van der Waals surface area contributed by atoms with Crippen LogP contribution in [0.4, 0.5) is 0 Å². The predicted molar refractivity (Wildman–Crippen MR) is 278 cm³/mol. The number of hydrogen-bond donors (Lipinski definition) is 4. The van der Waals surface area contributed by atoms with Crippen molar-refractivity contribution in [3.8, 4) is 0 Å². The van der Waals surface area contributed by atoms with Crippen LogP contribution in [0.1, 0.15) is 303 Å². The number of aliphatic hydroxyl groups is 3. The van der Waals surface area contributed by atoms with Crippen molar-refractivity contribution in [2.75, 3.05) is 6.61 Å². The molecule has 0 radical (unpaired) electrons. The second kappa shape index (κ2) is 53.2. The lowest BCUT2D eigenvalue weighted by Crippen LogP contribution is -2.48. The zero-order valence-electron chi connectivity index (χ0n) is 42.5. The molecule has 0 saturated heterocycles. The number of carbonyl (C=O) groups excluding carboxylic acids is 1. The highest BCUT2D eigenvalue weighted by atomic mass is 16.3. The summed E-state index contributed by atoms with van der Waals surface area (Å²) in [4.78, 5) is 12.5. The summed E-state index contributed by atoms with van der Waals surface area (Å²) in [6, 6.07) is -0.820. The fourth-order valence-electron chi connectivity index (χ4n) is 8.81. The highest BCUT2D eigenvalue weighted by molar-refractivity contribution is 5.80. The van der Waals surface area contributed by atoms with Gasteiger partial charge in [-0.2, -0.15) is 0 Å². The van der Waals surface area contributed by atoms with Gasteiger partial charge in [0.1, 0.15) is 6.10 Å². The molecule has 0 heterocycles. The van der Waals surface area contributed by atoms with Crippen LogP contribution >= 0.6 is 0 Å². The lowest BCUT2D eigenvalue weighted by atomic mass is 10.0. The van der Waals surface area contributed by atoms with E-state index in [9.17, 15) is 20.1 Å². The third-order valence-electron chi connectivity index (χ3n) is 13.2. The molecule has 0 saturated carbocycles. The molecule has 372 valence electrons. The SMILES string of the molecule is CCCCCCCCCCCCCCC/C=C/CC/C=C/CC/C=C/C(O)C(CO)NC(=O)C(O)CCCCCCCCCCCCCCCCCCCCCCCCCCCC. The maximum atomic E-state index is 12.5. The molecule has 0 aliphatic heterocycles. The summed E-state index contributed by atoms with van der Waals surface area (Å²) in [5.41, 5.74) is 0. The van der Waals surface area contributed by atoms with Gasteiger partial charge in [-0.05, 0) is 44.9 Å². The van der Waals surface area contributed by atoms with E-state index in [-0.39, 0.29) is 6.61 Å². The first-order chi connectivity index (χ1) is 31.1. The van der Waals surface area contributed by atoms with Gasteiger partial charge in [-0.25, -0.2) is 0 Å². The zero-order valence-corrected chi connectivity index (χ0v) is 42.5. The van der Waals surface area contributed by atoms with Crippen molar-refractivity contribution in [1.29, 1.82) is 0 Å². The van der Waals surface area contributed by atoms with Crippen LogP contribution in [-0.2, 0) is 4.79 Å². The Labute approximate surface area is 394 Å². The smallest absolute Gasteiger partial charge is 0.249 e. The van der Waals surface area contributed by atoms with Crippen LogP contribution in [0.3, 0.4) is 0 Å². The molecule has 63 heavy (non-hydrogen) atoms. The molecule has 4 N–H and O–H groups in total. The highest BCUT2D eigenvalue weighted by Gasteiger charge is 2.22. The zero-order chi connectivity index (χ0) is 45.8. The Morgan fingerprint density at radius 1 is 0.381 bits per heavy atom. The highest BCUT2D eigenvalue weighted by Crippen LogP contribution is 2.17. The second-order valence-corrected chi connectivity index (χ2v) is 19.5. The van der Waals surface area contributed by atoms with Crippen LogP contribution in [0, 0.1) is 0 Å². The molecule has 0 aromatic carbocycles. The van der Waals surface area contributed by atoms with Gasteiger partial charge < -0.3 is 20.6 Å². The third kappa shape index (κ3) is 48.3. The van der Waals surface area contributed by atoms with E-state index in [0.717, 1.165) is 44.9 Å². The number of unbranched alkanes of at least 4 members (excludes halogenated alkanes) is 40. The topological polar surface area (TPSA) is 89.8 Å². The fraction of sp³-hybridized carbons (Fsp3) is 0.879. The number of carbonyl (C=O) groups is 1. The Morgan fingerprint density at radius 2 is 0.651 bits per heavy atom. The molecule has 5 nitrogen and oxygen atoms in total. The lowest BCUT2D eigenvalue weighted by molar-refractivity contribution is -0.131. The van der Waals surface area contributed by atoms with Crippen LogP contribution in [0.5, 0.6) is 0 Å². The summed E-state index contributed by atoms with van der Waals surface area (Å²) in [6.07, 6.45) is 69.4. The standard InChI is InChI=1S/C58H111NO4/c1-3-5-7-9-11-13-15-17-19-21-23-25-27-28-29-31-33-35-37-39-41-43-45-47-49-51-53-57(62)58(63)59-55(54-60)56(61)52-50-48-46-44-42-40-38-36-34-32-30-26-24-22-20-18-16-14-12-10-8-6-4-2/h34,36,42,44,50,52,55-57,60-62H,3-33,35,37-41,43,45-49,51,53-54H2,1-2H3,(H,59,63)/b36-34+,44-42+,52-50+. The number of allylic oxidation sites excluding steroid dienone is 5. The monoisotopic (exact) mass is 886 g/mol. The Hall–Kier alpha value is -1.43. The van der Waals surface area contributed by atoms with Crippen molar-refractivity contribution in [3.05, 3.63) is 36.5 Å². The normalized spacial score (nSPS) is 13.5. The van der Waals surface area contributed by atoms with Crippen molar-refractivity contribution >= 4 is 5.91 Å². The van der Waals surface area contributed by atoms with Gasteiger partial charge in [0.25, 0.3) is 0 Å². The summed E-state index contributed by atoms with van der Waals surface area (Å²) in [7, 11) is 0. The van der Waals surface area contributed by atoms with E-state index in [1.807, 2.05) is 6.08 Å². The molecular weight excluding hydrogens is 775 g/mol. The first kappa shape index (κ1) is 61.6. The summed E-state index contributed by atoms with van der Waals surface area (Å²) in [5, 5.41) is 33.3. The van der Waals surface area contributed by atoms with Gasteiger partial charge in [-0.1, -0.05) is 294 Å². The van der Waals surface area contributed by atoms with Crippen LogP contribution in [0.15, 0.2) is 36.5 Å². The molecule has 0 spiro atoms. The molecule has 0 aliphatic carbocycles. The molecule has 3 unspecified atom stereocenters. The summed E-state index contributed by atoms with van der Waals surface area (Å²) in [5.74, 6) is -0.512. The average molecular weight is 887 g/mol. The maximum Gasteiger partial charge on any atom is 0.249 e. The van der Waals surface area contributed by atoms with E-state index in [1.54, 1.807) is 6.08 Å². The molecule has 1 amide bonds. The van der Waals surface area contributed by atoms with Gasteiger partial charge in [0.05, 0.1) is 18.8 Å². The van der Waals surface area contributed by atoms with Crippen molar-refractivity contribution in [2.45, 2.75) is 321 Å². The summed E-state index contributed by atoms with van der Waals surface area (Å²) in [6.45, 7) is 4.20. The number of amides is 1. The number of rotatable bonds is 52. The summed E-state index contributed by atoms with van der Waals surface area (Å²) < 4.78 is 0. The predicted octanol–water partition coefficient (Wildman–Crippen LogP) is 17.4. The fourth-order valence-corrected chi connectivity index (χ4v) is 8.81. The Bertz CT molecular complexity index is 978. The van der Waals surface area contributed by atoms with Gasteiger partial charge in [0, 0.05) is 0 Å². The first-order valence-corrected chi connectivity index (χ1v) is 28.3. The number of hydrogen-bond acceptors (Lipinski definition) is 4. The van der Waals surface area contributed by atoms with Gasteiger partial charge >= 0.3 is 0 Å². The average Bonchev–Trinajstić information content (AvgIpc) is 3.29. The molecule has 3 atom stereocenters. The minimum absolute atomic E-state index is 0.379. The molecule has 0 rings (SSSR count). The van der Waals surface area contributed by atoms with E-state index in [4.69, 9.17) is 0 Å². The molecule has 0 fully saturated rings. The van der Waals surface area contributed by atoms with Gasteiger partial charge in [-0.15, -0.1) is 0 Å². The van der Waals surface area contributed by atoms with E-state index >= 15 is 0 Å². The number of aliphatic hydroxyl groups excluding tert-OH is 3. The Morgan fingerprint density at radius 3 is 0.968 bits per heavy atom. The van der Waals surface area contributed by atoms with E-state index in [1.165, 1.54) is 238 Å². The van der Waals surface area contributed by atoms with Crippen LogP contribution in [0.2, 0.25) is 0 Å². The quantitative estimate of drug-likeness (QED) is 0.0362. The second-order valence-electron chi connectivity index (χ2n) is 19.5. The van der Waals surface area contributed by atoms with Crippen molar-refractivity contribution in [2.24, 2.45) is 0 Å². The van der Waals surface area contributed by atoms with Crippen molar-refractivity contribution in [1.82, 2.24) is 5.32 Å². The molecular formula is C58H111NO4. The number of nitrogens with one attached hydrogen (secondary N) is 1. The van der Waals surface area contributed by atoms with Crippen molar-refractivity contribution in [3.63, 3.8) is 0 Å². The van der Waals surface area contributed by atoms with E-state index < -0.39 is 24.2 Å². The van der Waals surface area contributed by atoms with Crippen LogP contribution in [-0.4, -0.2) is 46.1 Å². The van der Waals surface area contributed by atoms with E-state index in [2.05, 4.69) is 43.5 Å². The molecule has 0 aromatic rings. The third-order valence-corrected chi connectivity index (χ3v) is 13.2. The Balaban J connectivity index is 3.61. The Kier molecular flexibility index (Phi) is 52.0. The van der Waals surface area contributed by atoms with Crippen molar-refractivity contribution < 1.29 is 20.1 Å². The van der Waals surface area contributed by atoms with Gasteiger partial charge in [0.2, 0.25) is 5.91 Å². The molecule has 5 heteroatoms. The lowest BCUT2D eigenvalue weighted by Gasteiger charge is -2.21. The van der Waals surface area contributed by atoms with E-state index in [0.29, 0.717) is 6.42 Å². The molecule has 0 aliphatic rings. The maximum absolute atomic E-state index is 12.5. The van der Waals surface area contributed by atoms with Crippen LogP contribution in [0.25, 0.3) is 0 Å². The van der Waals surface area contributed by atoms with Gasteiger partial charge in [-0.3, -0.25) is 4.79 Å². The minimum Gasteiger partial charge on any atom is -0.394 e.